The van der Waals surface area contributed by atoms with E-state index >= 15 is 0 Å². The number of amides is 1. The summed E-state index contributed by atoms with van der Waals surface area (Å²) in [4.78, 5) is 47.1. The fourth-order valence-electron chi connectivity index (χ4n) is 3.89. The molecule has 0 aliphatic carbocycles. The molecular formula is C30H33F4N3O6. The van der Waals surface area contributed by atoms with Gasteiger partial charge < -0.3 is 15.2 Å². The maximum Gasteiger partial charge on any atom is 0.300 e. The second-order valence-corrected chi connectivity index (χ2v) is 10.5. The number of Topliss-reactive ketones (excluding diaryl/α,β-unsaturated/α-hetero) is 1. The van der Waals surface area contributed by atoms with Crippen molar-refractivity contribution in [2.45, 2.75) is 58.9 Å². The van der Waals surface area contributed by atoms with E-state index in [4.69, 9.17) is 9.90 Å². The van der Waals surface area contributed by atoms with Crippen LogP contribution < -0.4 is 15.6 Å². The molecule has 0 aliphatic rings. The summed E-state index contributed by atoms with van der Waals surface area (Å²) >= 11 is 0. The number of hydrogen-bond acceptors (Lipinski definition) is 6. The van der Waals surface area contributed by atoms with Crippen LogP contribution in [0.4, 0.5) is 17.6 Å². The number of carbonyl (C=O) groups is 3. The molecule has 0 aliphatic heterocycles. The van der Waals surface area contributed by atoms with Crippen LogP contribution in [-0.4, -0.2) is 45.7 Å². The predicted octanol–water partition coefficient (Wildman–Crippen LogP) is 4.49. The fourth-order valence-corrected chi connectivity index (χ4v) is 3.89. The molecule has 2 aromatic carbocycles. The standard InChI is InChI=1S/C28H29F4N3O4.C2H4O2/c1-5-19(26(37)33-13-18(36)15-39-25-23(31)21(29)12-22(30)24(25)32)20-9-10-34-35(27(20)38)14-16-7-6-8-17(11-16)28(2,3)4;1-2(3)4/h6-12,19H,5,13-15H2,1-4H3,(H,33,37);1H3,(H,3,4). The summed E-state index contributed by atoms with van der Waals surface area (Å²) in [6, 6.07) is 9.23. The van der Waals surface area contributed by atoms with Gasteiger partial charge in [-0.25, -0.2) is 13.5 Å². The number of rotatable bonds is 10. The molecule has 1 aromatic heterocycles. The van der Waals surface area contributed by atoms with E-state index in [1.165, 1.54) is 16.9 Å². The number of nitrogens with one attached hydrogen (secondary N) is 1. The Kier molecular flexibility index (Phi) is 12.1. The van der Waals surface area contributed by atoms with Crippen molar-refractivity contribution in [1.29, 1.82) is 0 Å². The molecule has 9 nitrogen and oxygen atoms in total. The zero-order valence-electron chi connectivity index (χ0n) is 24.3. The lowest BCUT2D eigenvalue weighted by atomic mass is 9.86. The first kappa shape index (κ1) is 34.7. The van der Waals surface area contributed by atoms with Crippen LogP contribution in [-0.2, 0) is 26.3 Å². The minimum absolute atomic E-state index is 0.0144. The van der Waals surface area contributed by atoms with Gasteiger partial charge in [-0.1, -0.05) is 52.0 Å². The number of aliphatic carboxylic acids is 1. The van der Waals surface area contributed by atoms with Crippen LogP contribution in [0.5, 0.6) is 5.75 Å². The molecule has 232 valence electrons. The molecule has 0 fully saturated rings. The van der Waals surface area contributed by atoms with Gasteiger partial charge in [0.05, 0.1) is 19.0 Å². The minimum atomic E-state index is -1.78. The molecule has 0 saturated carbocycles. The predicted molar refractivity (Wildman–Crippen MR) is 149 cm³/mol. The second kappa shape index (κ2) is 15.1. The quantitative estimate of drug-likeness (QED) is 0.257. The average molecular weight is 608 g/mol. The van der Waals surface area contributed by atoms with Crippen molar-refractivity contribution in [3.63, 3.8) is 0 Å². The minimum Gasteiger partial charge on any atom is -0.481 e. The van der Waals surface area contributed by atoms with E-state index in [1.807, 2.05) is 24.3 Å². The first-order valence-electron chi connectivity index (χ1n) is 13.2. The monoisotopic (exact) mass is 607 g/mol. The van der Waals surface area contributed by atoms with Gasteiger partial charge in [-0.05, 0) is 29.0 Å². The Morgan fingerprint density at radius 2 is 1.65 bits per heavy atom. The molecule has 0 radical (unpaired) electrons. The summed E-state index contributed by atoms with van der Waals surface area (Å²) in [6.07, 6.45) is 1.65. The molecule has 13 heteroatoms. The van der Waals surface area contributed by atoms with Crippen molar-refractivity contribution in [2.24, 2.45) is 0 Å². The van der Waals surface area contributed by atoms with Crippen molar-refractivity contribution in [1.82, 2.24) is 15.1 Å². The number of nitrogens with zero attached hydrogens (tertiary/aromatic N) is 2. The topological polar surface area (TPSA) is 128 Å². The zero-order valence-corrected chi connectivity index (χ0v) is 24.3. The summed E-state index contributed by atoms with van der Waals surface area (Å²) in [6.45, 7) is 7.65. The Bertz CT molecular complexity index is 1510. The summed E-state index contributed by atoms with van der Waals surface area (Å²) < 4.78 is 59.9. The van der Waals surface area contributed by atoms with E-state index in [0.717, 1.165) is 18.1 Å². The summed E-state index contributed by atoms with van der Waals surface area (Å²) in [5, 5.41) is 13.9. The van der Waals surface area contributed by atoms with Crippen LogP contribution in [0.1, 0.15) is 63.6 Å². The van der Waals surface area contributed by atoms with E-state index in [0.29, 0.717) is 0 Å². The van der Waals surface area contributed by atoms with Gasteiger partial charge >= 0.3 is 0 Å². The summed E-state index contributed by atoms with van der Waals surface area (Å²) in [7, 11) is 0. The highest BCUT2D eigenvalue weighted by Gasteiger charge is 2.25. The number of carboxylic acid groups (broad SMARTS) is 1. The van der Waals surface area contributed by atoms with Crippen LogP contribution in [0, 0.1) is 23.3 Å². The third-order valence-corrected chi connectivity index (χ3v) is 6.08. The van der Waals surface area contributed by atoms with Crippen LogP contribution >= 0.6 is 0 Å². The maximum absolute atomic E-state index is 13.7. The molecule has 0 saturated heterocycles. The smallest absolute Gasteiger partial charge is 0.300 e. The van der Waals surface area contributed by atoms with E-state index in [9.17, 15) is 31.9 Å². The lowest BCUT2D eigenvalue weighted by Crippen LogP contribution is -2.38. The molecular weight excluding hydrogens is 574 g/mol. The number of halogens is 4. The van der Waals surface area contributed by atoms with E-state index < -0.39 is 71.3 Å². The highest BCUT2D eigenvalue weighted by Crippen LogP contribution is 2.26. The van der Waals surface area contributed by atoms with Gasteiger partial charge in [0.1, 0.15) is 6.61 Å². The van der Waals surface area contributed by atoms with Crippen molar-refractivity contribution in [3.05, 3.63) is 92.9 Å². The number of ether oxygens (including phenoxy) is 1. The second-order valence-electron chi connectivity index (χ2n) is 10.5. The highest BCUT2D eigenvalue weighted by atomic mass is 19.2. The highest BCUT2D eigenvalue weighted by molar-refractivity contribution is 5.89. The molecule has 2 N–H and O–H groups in total. The van der Waals surface area contributed by atoms with Gasteiger partial charge in [0.25, 0.3) is 11.5 Å². The molecule has 1 heterocycles. The van der Waals surface area contributed by atoms with Crippen molar-refractivity contribution >= 4 is 17.7 Å². The first-order chi connectivity index (χ1) is 20.1. The van der Waals surface area contributed by atoms with Crippen molar-refractivity contribution in [3.8, 4) is 5.75 Å². The van der Waals surface area contributed by atoms with Crippen LogP contribution in [0.15, 0.2) is 47.4 Å². The molecule has 1 atom stereocenters. The van der Waals surface area contributed by atoms with Crippen LogP contribution in [0.3, 0.4) is 0 Å². The van der Waals surface area contributed by atoms with E-state index in [1.54, 1.807) is 6.92 Å². The van der Waals surface area contributed by atoms with Gasteiger partial charge in [0, 0.05) is 24.8 Å². The Balaban J connectivity index is 0.00000151. The molecule has 43 heavy (non-hydrogen) atoms. The van der Waals surface area contributed by atoms with Gasteiger partial charge in [0.15, 0.2) is 23.2 Å². The van der Waals surface area contributed by atoms with E-state index in [-0.39, 0.29) is 30.0 Å². The molecule has 0 bridgehead atoms. The van der Waals surface area contributed by atoms with Crippen molar-refractivity contribution < 1.29 is 41.8 Å². The Morgan fingerprint density at radius 3 is 2.21 bits per heavy atom. The third-order valence-electron chi connectivity index (χ3n) is 6.08. The lowest BCUT2D eigenvalue weighted by molar-refractivity contribution is -0.134. The molecule has 0 spiro atoms. The fraction of sp³-hybridized carbons (Fsp3) is 0.367. The third kappa shape index (κ3) is 9.76. The SMILES string of the molecule is CC(=O)O.CCC(C(=O)NCC(=O)COc1c(F)c(F)cc(F)c1F)c1ccnn(Cc2cccc(C(C)(C)C)c2)c1=O. The number of carboxylic acids is 1. The molecule has 3 rings (SSSR count). The molecule has 3 aromatic rings. The van der Waals surface area contributed by atoms with Gasteiger partial charge in [-0.15, -0.1) is 0 Å². The molecule has 1 unspecified atom stereocenters. The Labute approximate surface area is 245 Å². The lowest BCUT2D eigenvalue weighted by Gasteiger charge is -2.20. The zero-order chi connectivity index (χ0) is 32.5. The number of carbonyl (C=O) groups excluding carboxylic acids is 2. The van der Waals surface area contributed by atoms with Gasteiger partial charge in [-0.2, -0.15) is 13.9 Å². The van der Waals surface area contributed by atoms with Crippen molar-refractivity contribution in [2.75, 3.05) is 13.2 Å². The summed E-state index contributed by atoms with van der Waals surface area (Å²) in [5.41, 5.74) is 1.59. The summed E-state index contributed by atoms with van der Waals surface area (Å²) in [5.74, 6) is -11.5. The Hall–Kier alpha value is -4.55. The largest absolute Gasteiger partial charge is 0.481 e. The first-order valence-corrected chi connectivity index (χ1v) is 13.2. The number of ketones is 1. The number of hydrogen-bond donors (Lipinski definition) is 2. The molecule has 1 amide bonds. The van der Waals surface area contributed by atoms with E-state index in [2.05, 4.69) is 35.9 Å². The number of benzene rings is 2. The maximum atomic E-state index is 13.7. The van der Waals surface area contributed by atoms with Gasteiger partial charge in [-0.3, -0.25) is 19.2 Å². The number of aromatic nitrogens is 2. The van der Waals surface area contributed by atoms with Crippen LogP contribution in [0.2, 0.25) is 0 Å². The average Bonchev–Trinajstić information content (AvgIpc) is 2.92. The normalized spacial score (nSPS) is 11.7. The van der Waals surface area contributed by atoms with Gasteiger partial charge in [0.2, 0.25) is 17.5 Å². The Morgan fingerprint density at radius 1 is 1.05 bits per heavy atom. The van der Waals surface area contributed by atoms with Crippen LogP contribution in [0.25, 0.3) is 0 Å².